The van der Waals surface area contributed by atoms with Gasteiger partial charge in [0.15, 0.2) is 0 Å². The molecule has 0 unspecified atom stereocenters. The highest BCUT2D eigenvalue weighted by Crippen LogP contribution is 2.30. The molecule has 6 nitrogen and oxygen atoms in total. The van der Waals surface area contributed by atoms with Crippen LogP contribution in [-0.4, -0.2) is 19.0 Å². The Bertz CT molecular complexity index is 720. The van der Waals surface area contributed by atoms with Crippen LogP contribution >= 0.6 is 0 Å². The van der Waals surface area contributed by atoms with Crippen molar-refractivity contribution in [3.8, 4) is 6.07 Å². The second-order valence-electron chi connectivity index (χ2n) is 4.64. The first-order valence-corrected chi connectivity index (χ1v) is 6.25. The van der Waals surface area contributed by atoms with Crippen LogP contribution in [0.25, 0.3) is 0 Å². The zero-order valence-electron chi connectivity index (χ0n) is 11.7. The Labute approximate surface area is 122 Å². The second-order valence-corrected chi connectivity index (χ2v) is 4.64. The highest BCUT2D eigenvalue weighted by atomic mass is 16.6. The Morgan fingerprint density at radius 3 is 2.52 bits per heavy atom. The number of anilines is 3. The molecule has 1 N–H and O–H groups in total. The maximum absolute atomic E-state index is 10.8. The fourth-order valence-corrected chi connectivity index (χ4v) is 1.96. The van der Waals surface area contributed by atoms with Gasteiger partial charge < -0.3 is 10.2 Å². The van der Waals surface area contributed by atoms with E-state index in [0.717, 1.165) is 11.4 Å². The van der Waals surface area contributed by atoms with Crippen LogP contribution < -0.4 is 10.2 Å². The Kier molecular flexibility index (Phi) is 4.05. The summed E-state index contributed by atoms with van der Waals surface area (Å²) in [7, 11) is 3.84. The number of nitrogens with zero attached hydrogens (tertiary/aromatic N) is 3. The SMILES string of the molecule is CN(C)c1ccccc1Nc1ccc([N+](=O)[O-])cc1C#N. The minimum absolute atomic E-state index is 0.0991. The topological polar surface area (TPSA) is 82.2 Å². The first-order valence-electron chi connectivity index (χ1n) is 6.25. The first-order chi connectivity index (χ1) is 10.0. The summed E-state index contributed by atoms with van der Waals surface area (Å²) in [5.41, 5.74) is 2.46. The van der Waals surface area contributed by atoms with Gasteiger partial charge in [-0.2, -0.15) is 5.26 Å². The smallest absolute Gasteiger partial charge is 0.270 e. The summed E-state index contributed by atoms with van der Waals surface area (Å²) >= 11 is 0. The number of hydrogen-bond acceptors (Lipinski definition) is 5. The molecule has 0 saturated heterocycles. The number of benzene rings is 2. The third-order valence-corrected chi connectivity index (χ3v) is 2.99. The first kappa shape index (κ1) is 14.3. The van der Waals surface area contributed by atoms with Crippen LogP contribution in [0.4, 0.5) is 22.7 Å². The molecular weight excluding hydrogens is 268 g/mol. The molecule has 0 aromatic heterocycles. The molecule has 0 aliphatic carbocycles. The molecule has 2 rings (SSSR count). The van der Waals surface area contributed by atoms with Crippen molar-refractivity contribution in [2.24, 2.45) is 0 Å². The van der Waals surface area contributed by atoms with Crippen molar-refractivity contribution in [2.45, 2.75) is 0 Å². The van der Waals surface area contributed by atoms with Gasteiger partial charge in [-0.1, -0.05) is 12.1 Å². The van der Waals surface area contributed by atoms with E-state index in [1.54, 1.807) is 6.07 Å². The van der Waals surface area contributed by atoms with Gasteiger partial charge in [0.2, 0.25) is 0 Å². The van der Waals surface area contributed by atoms with E-state index in [-0.39, 0.29) is 11.3 Å². The van der Waals surface area contributed by atoms with E-state index in [0.29, 0.717) is 5.69 Å². The Morgan fingerprint density at radius 2 is 1.90 bits per heavy atom. The lowest BCUT2D eigenvalue weighted by atomic mass is 10.1. The molecule has 0 fully saturated rings. The summed E-state index contributed by atoms with van der Waals surface area (Å²) in [6, 6.07) is 13.8. The average Bonchev–Trinajstić information content (AvgIpc) is 2.47. The highest BCUT2D eigenvalue weighted by molar-refractivity contribution is 5.77. The van der Waals surface area contributed by atoms with Crippen molar-refractivity contribution < 1.29 is 4.92 Å². The van der Waals surface area contributed by atoms with E-state index in [2.05, 4.69) is 5.32 Å². The Balaban J connectivity index is 2.41. The molecule has 0 aliphatic heterocycles. The Morgan fingerprint density at radius 1 is 1.19 bits per heavy atom. The molecule has 0 spiro atoms. The molecule has 2 aromatic rings. The van der Waals surface area contributed by atoms with Crippen molar-refractivity contribution in [1.82, 2.24) is 0 Å². The van der Waals surface area contributed by atoms with E-state index in [4.69, 9.17) is 5.26 Å². The number of nitro benzene ring substituents is 1. The van der Waals surface area contributed by atoms with Gasteiger partial charge in [0.25, 0.3) is 5.69 Å². The molecule has 6 heteroatoms. The quantitative estimate of drug-likeness (QED) is 0.687. The summed E-state index contributed by atoms with van der Waals surface area (Å²) in [5.74, 6) is 0. The summed E-state index contributed by atoms with van der Waals surface area (Å²) in [6.07, 6.45) is 0. The van der Waals surface area contributed by atoms with Crippen LogP contribution in [0, 0.1) is 21.4 Å². The number of rotatable bonds is 4. The zero-order valence-corrected chi connectivity index (χ0v) is 11.7. The van der Waals surface area contributed by atoms with Crippen LogP contribution in [-0.2, 0) is 0 Å². The van der Waals surface area contributed by atoms with Gasteiger partial charge in [-0.3, -0.25) is 10.1 Å². The molecule has 0 amide bonds. The third-order valence-electron chi connectivity index (χ3n) is 2.99. The Hall–Kier alpha value is -3.07. The maximum Gasteiger partial charge on any atom is 0.270 e. The standard InChI is InChI=1S/C15H14N4O2/c1-18(2)15-6-4-3-5-14(15)17-13-8-7-12(19(20)21)9-11(13)10-16/h3-9,17H,1-2H3. The summed E-state index contributed by atoms with van der Waals surface area (Å²) in [6.45, 7) is 0. The highest BCUT2D eigenvalue weighted by Gasteiger charge is 2.12. The van der Waals surface area contributed by atoms with Crippen LogP contribution in [0.5, 0.6) is 0 Å². The van der Waals surface area contributed by atoms with E-state index in [1.165, 1.54) is 12.1 Å². The van der Waals surface area contributed by atoms with Crippen LogP contribution in [0.3, 0.4) is 0 Å². The predicted molar refractivity (Wildman–Crippen MR) is 81.9 cm³/mol. The summed E-state index contributed by atoms with van der Waals surface area (Å²) < 4.78 is 0. The van der Waals surface area contributed by atoms with E-state index in [9.17, 15) is 10.1 Å². The summed E-state index contributed by atoms with van der Waals surface area (Å²) in [4.78, 5) is 12.2. The zero-order chi connectivity index (χ0) is 15.4. The van der Waals surface area contributed by atoms with Crippen molar-refractivity contribution >= 4 is 22.7 Å². The van der Waals surface area contributed by atoms with Gasteiger partial charge >= 0.3 is 0 Å². The largest absolute Gasteiger partial charge is 0.376 e. The molecule has 0 bridgehead atoms. The van der Waals surface area contributed by atoms with E-state index in [1.807, 2.05) is 49.3 Å². The maximum atomic E-state index is 10.8. The number of nitro groups is 1. The van der Waals surface area contributed by atoms with E-state index < -0.39 is 4.92 Å². The summed E-state index contributed by atoms with van der Waals surface area (Å²) in [5, 5.41) is 23.1. The molecule has 2 aromatic carbocycles. The fraction of sp³-hybridized carbons (Fsp3) is 0.133. The minimum Gasteiger partial charge on any atom is -0.376 e. The molecule has 21 heavy (non-hydrogen) atoms. The van der Waals surface area contributed by atoms with E-state index >= 15 is 0 Å². The monoisotopic (exact) mass is 282 g/mol. The second kappa shape index (κ2) is 5.92. The van der Waals surface area contributed by atoms with Gasteiger partial charge in [-0.25, -0.2) is 0 Å². The van der Waals surface area contributed by atoms with Crippen LogP contribution in [0.15, 0.2) is 42.5 Å². The molecule has 0 aliphatic rings. The lowest BCUT2D eigenvalue weighted by Gasteiger charge is -2.18. The average molecular weight is 282 g/mol. The molecule has 0 radical (unpaired) electrons. The number of nitrogens with one attached hydrogen (secondary N) is 1. The predicted octanol–water partition coefficient (Wildman–Crippen LogP) is 3.28. The lowest BCUT2D eigenvalue weighted by Crippen LogP contribution is -2.11. The number of nitriles is 1. The van der Waals surface area contributed by atoms with Crippen molar-refractivity contribution in [3.63, 3.8) is 0 Å². The van der Waals surface area contributed by atoms with Gasteiger partial charge in [0.1, 0.15) is 6.07 Å². The normalized spacial score (nSPS) is 9.76. The molecule has 0 saturated carbocycles. The van der Waals surface area contributed by atoms with Gasteiger partial charge in [-0.15, -0.1) is 0 Å². The van der Waals surface area contributed by atoms with Crippen molar-refractivity contribution in [3.05, 3.63) is 58.1 Å². The van der Waals surface area contributed by atoms with Gasteiger partial charge in [0, 0.05) is 26.2 Å². The third kappa shape index (κ3) is 3.09. The lowest BCUT2D eigenvalue weighted by molar-refractivity contribution is -0.384. The van der Waals surface area contributed by atoms with Crippen molar-refractivity contribution in [2.75, 3.05) is 24.3 Å². The minimum atomic E-state index is -0.515. The van der Waals surface area contributed by atoms with Crippen LogP contribution in [0.2, 0.25) is 0 Å². The number of non-ortho nitro benzene ring substituents is 1. The number of para-hydroxylation sites is 2. The molecule has 0 atom stereocenters. The number of hydrogen-bond donors (Lipinski definition) is 1. The van der Waals surface area contributed by atoms with Crippen molar-refractivity contribution in [1.29, 1.82) is 5.26 Å². The van der Waals surface area contributed by atoms with Gasteiger partial charge in [0.05, 0.1) is 27.5 Å². The van der Waals surface area contributed by atoms with Gasteiger partial charge in [-0.05, 0) is 18.2 Å². The molecular formula is C15H14N4O2. The molecule has 106 valence electrons. The molecule has 0 heterocycles. The fourth-order valence-electron chi connectivity index (χ4n) is 1.96. The van der Waals surface area contributed by atoms with Crippen LogP contribution in [0.1, 0.15) is 5.56 Å².